The van der Waals surface area contributed by atoms with Crippen LogP contribution in [0.1, 0.15) is 35.6 Å². The van der Waals surface area contributed by atoms with Gasteiger partial charge in [0.1, 0.15) is 11.5 Å². The van der Waals surface area contributed by atoms with Crippen LogP contribution in [-0.2, 0) is 24.3 Å². The summed E-state index contributed by atoms with van der Waals surface area (Å²) in [6.45, 7) is 4.21. The SMILES string of the molecule is CC(=O)C1CN(C)C(=O)c2c3c(nn2C1)C[C@@H](C)N(C(=O)O)C3. The molecule has 0 saturated heterocycles. The van der Waals surface area contributed by atoms with Crippen molar-refractivity contribution in [2.45, 2.75) is 39.4 Å². The van der Waals surface area contributed by atoms with Gasteiger partial charge in [-0.25, -0.2) is 4.79 Å². The molecule has 2 aliphatic rings. The lowest BCUT2D eigenvalue weighted by Crippen LogP contribution is -2.42. The molecule has 3 rings (SSSR count). The molecule has 0 aliphatic carbocycles. The summed E-state index contributed by atoms with van der Waals surface area (Å²) in [7, 11) is 1.66. The Balaban J connectivity index is 2.07. The van der Waals surface area contributed by atoms with Crippen molar-refractivity contribution in [1.82, 2.24) is 19.6 Å². The Hall–Kier alpha value is -2.38. The number of Topliss-reactive ketones (excluding diaryl/α,β-unsaturated/α-hetero) is 1. The predicted octanol–water partition coefficient (Wildman–Crippen LogP) is 0.598. The molecule has 0 fully saturated rings. The molecule has 1 aromatic heterocycles. The zero-order valence-electron chi connectivity index (χ0n) is 13.4. The molecule has 0 saturated carbocycles. The first-order valence-corrected chi connectivity index (χ1v) is 7.63. The van der Waals surface area contributed by atoms with E-state index in [2.05, 4.69) is 5.10 Å². The van der Waals surface area contributed by atoms with Crippen LogP contribution in [0.5, 0.6) is 0 Å². The Bertz CT molecular complexity index is 696. The molecule has 1 unspecified atom stereocenters. The van der Waals surface area contributed by atoms with Gasteiger partial charge in [-0.2, -0.15) is 5.10 Å². The van der Waals surface area contributed by atoms with Crippen LogP contribution in [0.3, 0.4) is 0 Å². The van der Waals surface area contributed by atoms with Gasteiger partial charge in [0.15, 0.2) is 0 Å². The number of ketones is 1. The van der Waals surface area contributed by atoms with Gasteiger partial charge in [0.05, 0.1) is 24.7 Å². The average molecular weight is 320 g/mol. The van der Waals surface area contributed by atoms with E-state index in [9.17, 15) is 19.5 Å². The average Bonchev–Trinajstić information content (AvgIpc) is 2.74. The number of hydrogen-bond acceptors (Lipinski definition) is 4. The highest BCUT2D eigenvalue weighted by Crippen LogP contribution is 2.29. The van der Waals surface area contributed by atoms with Gasteiger partial charge in [0.2, 0.25) is 0 Å². The van der Waals surface area contributed by atoms with Crippen molar-refractivity contribution in [3.05, 3.63) is 17.0 Å². The fourth-order valence-electron chi connectivity index (χ4n) is 3.34. The van der Waals surface area contributed by atoms with Gasteiger partial charge in [-0.1, -0.05) is 0 Å². The number of carbonyl (C=O) groups excluding carboxylic acids is 2. The van der Waals surface area contributed by atoms with Gasteiger partial charge in [-0.05, 0) is 13.8 Å². The highest BCUT2D eigenvalue weighted by atomic mass is 16.4. The molecule has 23 heavy (non-hydrogen) atoms. The minimum atomic E-state index is -1.00. The van der Waals surface area contributed by atoms with Crippen molar-refractivity contribution in [3.63, 3.8) is 0 Å². The van der Waals surface area contributed by atoms with Crippen LogP contribution in [0.2, 0.25) is 0 Å². The predicted molar refractivity (Wildman–Crippen MR) is 80.1 cm³/mol. The molecule has 1 aromatic rings. The molecular formula is C15H20N4O4. The van der Waals surface area contributed by atoms with Crippen LogP contribution in [0.25, 0.3) is 0 Å². The second kappa shape index (κ2) is 5.36. The molecule has 124 valence electrons. The van der Waals surface area contributed by atoms with Crippen LogP contribution in [0.4, 0.5) is 4.79 Å². The van der Waals surface area contributed by atoms with Crippen LogP contribution in [0.15, 0.2) is 0 Å². The third-order valence-electron chi connectivity index (χ3n) is 4.74. The number of hydrogen-bond donors (Lipinski definition) is 1. The second-order valence-electron chi connectivity index (χ2n) is 6.41. The van der Waals surface area contributed by atoms with Crippen LogP contribution < -0.4 is 0 Å². The Morgan fingerprint density at radius 1 is 1.30 bits per heavy atom. The van der Waals surface area contributed by atoms with Gasteiger partial charge < -0.3 is 14.9 Å². The number of carbonyl (C=O) groups is 3. The zero-order chi connectivity index (χ0) is 16.9. The third kappa shape index (κ3) is 2.47. The molecule has 8 heteroatoms. The summed E-state index contributed by atoms with van der Waals surface area (Å²) in [4.78, 5) is 38.7. The molecule has 2 amide bonds. The monoisotopic (exact) mass is 320 g/mol. The maximum absolute atomic E-state index is 12.7. The van der Waals surface area contributed by atoms with Crippen molar-refractivity contribution in [1.29, 1.82) is 0 Å². The maximum Gasteiger partial charge on any atom is 0.407 e. The summed E-state index contributed by atoms with van der Waals surface area (Å²) in [5.41, 5.74) is 1.85. The lowest BCUT2D eigenvalue weighted by molar-refractivity contribution is -0.121. The highest BCUT2D eigenvalue weighted by molar-refractivity contribution is 5.95. The molecule has 2 aliphatic heterocycles. The number of nitrogens with zero attached hydrogens (tertiary/aromatic N) is 4. The normalized spacial score (nSPS) is 24.0. The van der Waals surface area contributed by atoms with Crippen LogP contribution in [-0.4, -0.2) is 62.1 Å². The summed E-state index contributed by atoms with van der Waals surface area (Å²) in [6, 6.07) is -0.185. The first-order chi connectivity index (χ1) is 10.8. The summed E-state index contributed by atoms with van der Waals surface area (Å²) < 4.78 is 1.60. The Kier molecular flexibility index (Phi) is 3.62. The molecule has 0 bridgehead atoms. The fourth-order valence-corrected chi connectivity index (χ4v) is 3.34. The molecule has 1 N–H and O–H groups in total. The number of carboxylic acid groups (broad SMARTS) is 1. The van der Waals surface area contributed by atoms with E-state index < -0.39 is 6.09 Å². The molecule has 2 atom stereocenters. The third-order valence-corrected chi connectivity index (χ3v) is 4.74. The second-order valence-corrected chi connectivity index (χ2v) is 6.41. The van der Waals surface area contributed by atoms with Crippen molar-refractivity contribution < 1.29 is 19.5 Å². The maximum atomic E-state index is 12.7. The minimum absolute atomic E-state index is 0.0199. The lowest BCUT2D eigenvalue weighted by atomic mass is 10.00. The van der Waals surface area contributed by atoms with Gasteiger partial charge in [-0.15, -0.1) is 0 Å². The molecule has 0 aromatic carbocycles. The van der Waals surface area contributed by atoms with Gasteiger partial charge >= 0.3 is 6.09 Å². The largest absolute Gasteiger partial charge is 0.465 e. The van der Waals surface area contributed by atoms with E-state index in [1.54, 1.807) is 11.7 Å². The van der Waals surface area contributed by atoms with E-state index in [4.69, 9.17) is 0 Å². The van der Waals surface area contributed by atoms with E-state index in [0.29, 0.717) is 30.8 Å². The van der Waals surface area contributed by atoms with Gasteiger partial charge in [0, 0.05) is 31.6 Å². The first-order valence-electron chi connectivity index (χ1n) is 7.63. The lowest BCUT2D eigenvalue weighted by Gasteiger charge is -2.30. The number of amides is 2. The van der Waals surface area contributed by atoms with Crippen molar-refractivity contribution >= 4 is 17.8 Å². The molecule has 0 spiro atoms. The number of rotatable bonds is 1. The summed E-state index contributed by atoms with van der Waals surface area (Å²) >= 11 is 0. The van der Waals surface area contributed by atoms with E-state index in [-0.39, 0.29) is 30.2 Å². The Morgan fingerprint density at radius 3 is 2.61 bits per heavy atom. The van der Waals surface area contributed by atoms with Crippen molar-refractivity contribution in [3.8, 4) is 0 Å². The summed E-state index contributed by atoms with van der Waals surface area (Å²) in [6.07, 6.45) is -0.525. The standard InChI is InChI=1S/C15H20N4O4/c1-8-4-12-11(7-18(8)15(22)23)13-14(21)17(3)5-10(9(2)20)6-19(13)16-12/h8,10H,4-7H2,1-3H3,(H,22,23)/t8-,10?/m1/s1. The van der Waals surface area contributed by atoms with Gasteiger partial charge in [0.25, 0.3) is 5.91 Å². The van der Waals surface area contributed by atoms with E-state index in [0.717, 1.165) is 5.69 Å². The number of aromatic nitrogens is 2. The van der Waals surface area contributed by atoms with E-state index >= 15 is 0 Å². The molecule has 8 nitrogen and oxygen atoms in total. The highest BCUT2D eigenvalue weighted by Gasteiger charge is 2.37. The zero-order valence-corrected chi connectivity index (χ0v) is 13.4. The first kappa shape index (κ1) is 15.5. The van der Waals surface area contributed by atoms with Crippen LogP contribution >= 0.6 is 0 Å². The van der Waals surface area contributed by atoms with E-state index in [1.165, 1.54) is 16.7 Å². The number of fused-ring (bicyclic) bond motifs is 3. The van der Waals surface area contributed by atoms with Crippen molar-refractivity contribution in [2.24, 2.45) is 5.92 Å². The van der Waals surface area contributed by atoms with Crippen molar-refractivity contribution in [2.75, 3.05) is 13.6 Å². The van der Waals surface area contributed by atoms with Gasteiger partial charge in [-0.3, -0.25) is 14.3 Å². The van der Waals surface area contributed by atoms with Crippen LogP contribution in [0, 0.1) is 5.92 Å². The smallest absolute Gasteiger partial charge is 0.407 e. The quantitative estimate of drug-likeness (QED) is 0.817. The molecule has 0 radical (unpaired) electrons. The topological polar surface area (TPSA) is 95.7 Å². The Labute approximate surface area is 133 Å². The van der Waals surface area contributed by atoms with E-state index in [1.807, 2.05) is 6.92 Å². The minimum Gasteiger partial charge on any atom is -0.465 e. The summed E-state index contributed by atoms with van der Waals surface area (Å²) in [5.74, 6) is -0.478. The fraction of sp³-hybridized carbons (Fsp3) is 0.600. The Morgan fingerprint density at radius 2 is 2.00 bits per heavy atom. The molecular weight excluding hydrogens is 300 g/mol. The molecule has 3 heterocycles. The summed E-state index contributed by atoms with van der Waals surface area (Å²) in [5, 5.41) is 13.8.